The van der Waals surface area contributed by atoms with Gasteiger partial charge in [-0.1, -0.05) is 54.6 Å². The van der Waals surface area contributed by atoms with E-state index in [4.69, 9.17) is 9.47 Å². The molecule has 152 valence electrons. The Bertz CT molecular complexity index is 1050. The van der Waals surface area contributed by atoms with E-state index in [0.29, 0.717) is 16.8 Å². The highest BCUT2D eigenvalue weighted by Gasteiger charge is 2.15. The molecular formula is C24H21NO5. The molecule has 30 heavy (non-hydrogen) atoms. The summed E-state index contributed by atoms with van der Waals surface area (Å²) in [6.07, 6.45) is 0.199. The second kappa shape index (κ2) is 10.0. The van der Waals surface area contributed by atoms with E-state index < -0.39 is 11.9 Å². The number of benzene rings is 3. The zero-order chi connectivity index (χ0) is 21.3. The minimum absolute atomic E-state index is 0.0179. The lowest BCUT2D eigenvalue weighted by Crippen LogP contribution is -2.17. The summed E-state index contributed by atoms with van der Waals surface area (Å²) in [6.45, 7) is -0.0179. The lowest BCUT2D eigenvalue weighted by Gasteiger charge is -2.11. The first kappa shape index (κ1) is 20.8. The van der Waals surface area contributed by atoms with Crippen LogP contribution in [0.3, 0.4) is 0 Å². The summed E-state index contributed by atoms with van der Waals surface area (Å²) in [5, 5.41) is 2.77. The fourth-order valence-corrected chi connectivity index (χ4v) is 2.88. The Morgan fingerprint density at radius 1 is 0.800 bits per heavy atom. The standard InChI is InChI=1S/C24H21NO5/c1-29-23(27)19-11-7-10-18(14-19)16-30-24(28)20-12-5-6-13-21(20)25-22(26)15-17-8-3-2-4-9-17/h2-14H,15-16H2,1H3,(H,25,26). The Morgan fingerprint density at radius 3 is 2.27 bits per heavy atom. The summed E-state index contributed by atoms with van der Waals surface area (Å²) >= 11 is 0. The summed E-state index contributed by atoms with van der Waals surface area (Å²) in [5.74, 6) is -1.27. The number of anilines is 1. The summed E-state index contributed by atoms with van der Waals surface area (Å²) in [7, 11) is 1.30. The van der Waals surface area contributed by atoms with Crippen LogP contribution in [0.2, 0.25) is 0 Å². The molecule has 0 fully saturated rings. The van der Waals surface area contributed by atoms with Gasteiger partial charge in [-0.2, -0.15) is 0 Å². The molecule has 0 saturated heterocycles. The van der Waals surface area contributed by atoms with Crippen molar-refractivity contribution in [3.8, 4) is 0 Å². The normalized spacial score (nSPS) is 10.2. The number of esters is 2. The second-order valence-electron chi connectivity index (χ2n) is 6.52. The number of nitrogens with one attached hydrogen (secondary N) is 1. The molecule has 0 heterocycles. The van der Waals surface area contributed by atoms with Crippen molar-refractivity contribution in [2.24, 2.45) is 0 Å². The van der Waals surface area contributed by atoms with Gasteiger partial charge in [0.05, 0.1) is 30.3 Å². The Labute approximate surface area is 174 Å². The van der Waals surface area contributed by atoms with E-state index in [1.165, 1.54) is 7.11 Å². The van der Waals surface area contributed by atoms with E-state index in [-0.39, 0.29) is 24.5 Å². The van der Waals surface area contributed by atoms with Crippen LogP contribution in [-0.4, -0.2) is 25.0 Å². The fourth-order valence-electron chi connectivity index (χ4n) is 2.88. The Balaban J connectivity index is 1.65. The molecular weight excluding hydrogens is 382 g/mol. The Morgan fingerprint density at radius 2 is 1.50 bits per heavy atom. The first-order valence-electron chi connectivity index (χ1n) is 9.34. The summed E-state index contributed by atoms with van der Waals surface area (Å²) < 4.78 is 10.1. The minimum atomic E-state index is -0.575. The largest absolute Gasteiger partial charge is 0.465 e. The number of amides is 1. The smallest absolute Gasteiger partial charge is 0.340 e. The zero-order valence-corrected chi connectivity index (χ0v) is 16.5. The molecule has 0 aliphatic rings. The predicted octanol–water partition coefficient (Wildman–Crippen LogP) is 4.01. The maximum Gasteiger partial charge on any atom is 0.340 e. The van der Waals surface area contributed by atoms with Crippen LogP contribution in [0, 0.1) is 0 Å². The molecule has 1 N–H and O–H groups in total. The van der Waals surface area contributed by atoms with Crippen molar-refractivity contribution in [3.63, 3.8) is 0 Å². The second-order valence-corrected chi connectivity index (χ2v) is 6.52. The lowest BCUT2D eigenvalue weighted by molar-refractivity contribution is -0.115. The van der Waals surface area contributed by atoms with E-state index in [1.807, 2.05) is 30.3 Å². The molecule has 0 aliphatic heterocycles. The van der Waals surface area contributed by atoms with Crippen LogP contribution in [0.25, 0.3) is 0 Å². The predicted molar refractivity (Wildman–Crippen MR) is 112 cm³/mol. The third-order valence-corrected chi connectivity index (χ3v) is 4.35. The first-order chi connectivity index (χ1) is 14.6. The van der Waals surface area contributed by atoms with Gasteiger partial charge in [-0.25, -0.2) is 9.59 Å². The van der Waals surface area contributed by atoms with Crippen LogP contribution in [0.5, 0.6) is 0 Å². The lowest BCUT2D eigenvalue weighted by atomic mass is 10.1. The van der Waals surface area contributed by atoms with Crippen LogP contribution in [-0.2, 0) is 27.3 Å². The van der Waals surface area contributed by atoms with Crippen molar-refractivity contribution in [1.29, 1.82) is 0 Å². The fraction of sp³-hybridized carbons (Fsp3) is 0.125. The van der Waals surface area contributed by atoms with E-state index in [1.54, 1.807) is 48.5 Å². The highest BCUT2D eigenvalue weighted by atomic mass is 16.5. The van der Waals surface area contributed by atoms with Crippen molar-refractivity contribution in [3.05, 3.63) is 101 Å². The van der Waals surface area contributed by atoms with Gasteiger partial charge in [0.1, 0.15) is 6.61 Å². The summed E-state index contributed by atoms with van der Waals surface area (Å²) in [6, 6.07) is 22.7. The molecule has 3 aromatic rings. The van der Waals surface area contributed by atoms with Gasteiger partial charge in [-0.15, -0.1) is 0 Å². The van der Waals surface area contributed by atoms with Gasteiger partial charge < -0.3 is 14.8 Å². The Hall–Kier alpha value is -3.93. The number of hydrogen-bond donors (Lipinski definition) is 1. The van der Waals surface area contributed by atoms with Crippen molar-refractivity contribution in [1.82, 2.24) is 0 Å². The van der Waals surface area contributed by atoms with Gasteiger partial charge in [0.2, 0.25) is 5.91 Å². The van der Waals surface area contributed by atoms with Crippen LogP contribution in [0.4, 0.5) is 5.69 Å². The van der Waals surface area contributed by atoms with E-state index in [2.05, 4.69) is 5.32 Å². The van der Waals surface area contributed by atoms with Crippen LogP contribution < -0.4 is 5.32 Å². The average Bonchev–Trinajstić information content (AvgIpc) is 2.78. The molecule has 6 nitrogen and oxygen atoms in total. The van der Waals surface area contributed by atoms with Crippen LogP contribution in [0.1, 0.15) is 31.8 Å². The SMILES string of the molecule is COC(=O)c1cccc(COC(=O)c2ccccc2NC(=O)Cc2ccccc2)c1. The van der Waals surface area contributed by atoms with E-state index in [9.17, 15) is 14.4 Å². The third kappa shape index (κ3) is 5.54. The molecule has 0 aromatic heterocycles. The number of ether oxygens (including phenoxy) is 2. The van der Waals surface area contributed by atoms with Gasteiger partial charge in [0.25, 0.3) is 0 Å². The number of carbonyl (C=O) groups is 3. The number of methoxy groups -OCH3 is 1. The number of rotatable bonds is 7. The quantitative estimate of drug-likeness (QED) is 0.603. The summed E-state index contributed by atoms with van der Waals surface area (Å²) in [4.78, 5) is 36.6. The van der Waals surface area contributed by atoms with Gasteiger partial charge >= 0.3 is 11.9 Å². The molecule has 0 unspecified atom stereocenters. The van der Waals surface area contributed by atoms with Crippen molar-refractivity contribution in [2.45, 2.75) is 13.0 Å². The summed E-state index contributed by atoms with van der Waals surface area (Å²) in [5.41, 5.74) is 2.53. The van der Waals surface area contributed by atoms with Gasteiger partial charge in [0.15, 0.2) is 0 Å². The molecule has 3 aromatic carbocycles. The van der Waals surface area contributed by atoms with E-state index >= 15 is 0 Å². The Kier molecular flexibility index (Phi) is 6.95. The van der Waals surface area contributed by atoms with Crippen molar-refractivity contribution in [2.75, 3.05) is 12.4 Å². The molecule has 0 atom stereocenters. The monoisotopic (exact) mass is 403 g/mol. The van der Waals surface area contributed by atoms with Gasteiger partial charge in [-0.3, -0.25) is 4.79 Å². The number of carbonyl (C=O) groups excluding carboxylic acids is 3. The molecule has 0 bridgehead atoms. The minimum Gasteiger partial charge on any atom is -0.465 e. The van der Waals surface area contributed by atoms with Crippen molar-refractivity contribution >= 4 is 23.5 Å². The molecule has 0 aliphatic carbocycles. The van der Waals surface area contributed by atoms with Crippen LogP contribution in [0.15, 0.2) is 78.9 Å². The molecule has 0 spiro atoms. The number of para-hydroxylation sites is 1. The molecule has 0 radical (unpaired) electrons. The van der Waals surface area contributed by atoms with Crippen molar-refractivity contribution < 1.29 is 23.9 Å². The highest BCUT2D eigenvalue weighted by Crippen LogP contribution is 2.18. The first-order valence-corrected chi connectivity index (χ1v) is 9.34. The maximum absolute atomic E-state index is 12.6. The maximum atomic E-state index is 12.6. The average molecular weight is 403 g/mol. The van der Waals surface area contributed by atoms with Crippen LogP contribution >= 0.6 is 0 Å². The highest BCUT2D eigenvalue weighted by molar-refractivity contribution is 6.01. The number of hydrogen-bond acceptors (Lipinski definition) is 5. The molecule has 3 rings (SSSR count). The third-order valence-electron chi connectivity index (χ3n) is 4.35. The molecule has 6 heteroatoms. The van der Waals surface area contributed by atoms with E-state index in [0.717, 1.165) is 5.56 Å². The zero-order valence-electron chi connectivity index (χ0n) is 16.5. The topological polar surface area (TPSA) is 81.7 Å². The van der Waals surface area contributed by atoms with Gasteiger partial charge in [-0.05, 0) is 35.4 Å². The molecule has 1 amide bonds. The van der Waals surface area contributed by atoms with Gasteiger partial charge in [0, 0.05) is 0 Å². The molecule has 0 saturated carbocycles.